The van der Waals surface area contributed by atoms with Gasteiger partial charge < -0.3 is 20.5 Å². The van der Waals surface area contributed by atoms with E-state index in [9.17, 15) is 5.11 Å². The number of aliphatic imine (C=N–C) groups is 1. The van der Waals surface area contributed by atoms with Crippen molar-refractivity contribution in [3.05, 3.63) is 35.4 Å². The van der Waals surface area contributed by atoms with E-state index in [-0.39, 0.29) is 5.60 Å². The summed E-state index contributed by atoms with van der Waals surface area (Å²) < 4.78 is 5.76. The Morgan fingerprint density at radius 2 is 2.09 bits per heavy atom. The van der Waals surface area contributed by atoms with Crippen LogP contribution in [0.25, 0.3) is 0 Å². The third-order valence-corrected chi connectivity index (χ3v) is 4.14. The molecular weight excluding hydrogens is 290 g/mol. The van der Waals surface area contributed by atoms with Crippen LogP contribution in [-0.4, -0.2) is 42.9 Å². The minimum absolute atomic E-state index is 0.155. The summed E-state index contributed by atoms with van der Waals surface area (Å²) in [6.07, 6.45) is 1.59. The molecule has 0 bridgehead atoms. The van der Waals surface area contributed by atoms with Gasteiger partial charge in [-0.1, -0.05) is 29.8 Å². The fraction of sp³-hybridized carbons (Fsp3) is 0.611. The smallest absolute Gasteiger partial charge is 0.191 e. The molecule has 0 spiro atoms. The Balaban J connectivity index is 1.89. The van der Waals surface area contributed by atoms with E-state index in [1.54, 1.807) is 0 Å². The van der Waals surface area contributed by atoms with Gasteiger partial charge in [0.05, 0.1) is 18.2 Å². The first-order valence-electron chi connectivity index (χ1n) is 8.43. The van der Waals surface area contributed by atoms with E-state index in [0.29, 0.717) is 13.1 Å². The predicted molar refractivity (Wildman–Crippen MR) is 93.7 cm³/mol. The van der Waals surface area contributed by atoms with E-state index in [0.717, 1.165) is 37.5 Å². The van der Waals surface area contributed by atoms with E-state index in [2.05, 4.69) is 22.5 Å². The van der Waals surface area contributed by atoms with E-state index >= 15 is 0 Å². The largest absolute Gasteiger partial charge is 0.387 e. The normalized spacial score (nSPS) is 22.9. The van der Waals surface area contributed by atoms with Crippen LogP contribution in [0.3, 0.4) is 0 Å². The number of hydrogen-bond donors (Lipinski definition) is 3. The minimum Gasteiger partial charge on any atom is -0.387 e. The Labute approximate surface area is 139 Å². The second-order valence-corrected chi connectivity index (χ2v) is 6.40. The van der Waals surface area contributed by atoms with Gasteiger partial charge in [-0.3, -0.25) is 4.99 Å². The maximum Gasteiger partial charge on any atom is 0.191 e. The van der Waals surface area contributed by atoms with Gasteiger partial charge in [0.15, 0.2) is 5.96 Å². The minimum atomic E-state index is -0.558. The van der Waals surface area contributed by atoms with Gasteiger partial charge in [-0.25, -0.2) is 0 Å². The number of nitrogens with one attached hydrogen (secondary N) is 2. The lowest BCUT2D eigenvalue weighted by Gasteiger charge is -2.22. The number of aryl methyl sites for hydroxylation is 1. The van der Waals surface area contributed by atoms with E-state index in [4.69, 9.17) is 4.74 Å². The fourth-order valence-electron chi connectivity index (χ4n) is 2.65. The first-order chi connectivity index (χ1) is 11.0. The van der Waals surface area contributed by atoms with Crippen molar-refractivity contribution in [1.29, 1.82) is 0 Å². The fourth-order valence-corrected chi connectivity index (χ4v) is 2.65. The molecule has 0 aliphatic carbocycles. The molecule has 1 saturated heterocycles. The number of benzene rings is 1. The van der Waals surface area contributed by atoms with Crippen molar-refractivity contribution in [3.8, 4) is 0 Å². The Bertz CT molecular complexity index is 508. The number of guanidine groups is 1. The molecule has 1 aromatic rings. The van der Waals surface area contributed by atoms with Crippen LogP contribution in [0.4, 0.5) is 0 Å². The molecule has 128 valence electrons. The molecule has 1 aliphatic heterocycles. The highest BCUT2D eigenvalue weighted by Gasteiger charge is 2.29. The standard InChI is InChI=1S/C18H29N3O2/c1-4-19-17(21-13-18(3)10-5-11-23-18)20-12-16(22)15-8-6-14(2)7-9-15/h6-9,16,22H,4-5,10-13H2,1-3H3,(H2,19,20,21). The van der Waals surface area contributed by atoms with Crippen molar-refractivity contribution in [2.24, 2.45) is 4.99 Å². The molecule has 1 aromatic carbocycles. The van der Waals surface area contributed by atoms with Crippen molar-refractivity contribution in [2.75, 3.05) is 26.2 Å². The van der Waals surface area contributed by atoms with Crippen molar-refractivity contribution in [3.63, 3.8) is 0 Å². The zero-order valence-electron chi connectivity index (χ0n) is 14.4. The molecule has 2 atom stereocenters. The van der Waals surface area contributed by atoms with Crippen LogP contribution in [0, 0.1) is 6.92 Å². The third-order valence-electron chi connectivity index (χ3n) is 4.14. The molecule has 1 fully saturated rings. The van der Waals surface area contributed by atoms with Crippen molar-refractivity contribution in [1.82, 2.24) is 10.6 Å². The average molecular weight is 319 g/mol. The first kappa shape index (κ1) is 17.8. The van der Waals surface area contributed by atoms with Crippen molar-refractivity contribution in [2.45, 2.75) is 45.3 Å². The number of hydrogen-bond acceptors (Lipinski definition) is 3. The molecule has 0 saturated carbocycles. The van der Waals surface area contributed by atoms with Crippen LogP contribution in [-0.2, 0) is 4.74 Å². The molecule has 2 unspecified atom stereocenters. The first-order valence-corrected chi connectivity index (χ1v) is 8.43. The molecule has 1 aliphatic rings. The van der Waals surface area contributed by atoms with Gasteiger partial charge in [0.1, 0.15) is 0 Å². The maximum atomic E-state index is 10.3. The summed E-state index contributed by atoms with van der Waals surface area (Å²) in [6.45, 7) is 8.83. The van der Waals surface area contributed by atoms with Gasteiger partial charge in [0.25, 0.3) is 0 Å². The summed E-state index contributed by atoms with van der Waals surface area (Å²) in [6, 6.07) is 7.94. The summed E-state index contributed by atoms with van der Waals surface area (Å²) in [5.74, 6) is 0.718. The van der Waals surface area contributed by atoms with Crippen molar-refractivity contribution >= 4 is 5.96 Å². The number of aliphatic hydroxyl groups is 1. The highest BCUT2D eigenvalue weighted by molar-refractivity contribution is 5.79. The van der Waals surface area contributed by atoms with Crippen LogP contribution >= 0.6 is 0 Å². The Hall–Kier alpha value is -1.59. The number of ether oxygens (including phenoxy) is 1. The lowest BCUT2D eigenvalue weighted by atomic mass is 10.0. The Morgan fingerprint density at radius 3 is 2.70 bits per heavy atom. The summed E-state index contributed by atoms with van der Waals surface area (Å²) in [5.41, 5.74) is 1.94. The van der Waals surface area contributed by atoms with Crippen LogP contribution in [0.1, 0.15) is 43.9 Å². The van der Waals surface area contributed by atoms with Crippen LogP contribution in [0.2, 0.25) is 0 Å². The van der Waals surface area contributed by atoms with Crippen LogP contribution < -0.4 is 10.6 Å². The monoisotopic (exact) mass is 319 g/mol. The topological polar surface area (TPSA) is 65.9 Å². The average Bonchev–Trinajstić information content (AvgIpc) is 2.97. The number of rotatable bonds is 6. The van der Waals surface area contributed by atoms with E-state index in [1.165, 1.54) is 5.56 Å². The molecule has 0 aromatic heterocycles. The summed E-state index contributed by atoms with van der Waals surface area (Å²) in [5, 5.41) is 16.7. The summed E-state index contributed by atoms with van der Waals surface area (Å²) in [4.78, 5) is 4.61. The quantitative estimate of drug-likeness (QED) is 0.555. The maximum absolute atomic E-state index is 10.3. The second kappa shape index (κ2) is 8.31. The third kappa shape index (κ3) is 5.52. The molecule has 5 nitrogen and oxygen atoms in total. The SMILES string of the molecule is CCNC(=NCC1(C)CCCO1)NCC(O)c1ccc(C)cc1. The molecule has 3 N–H and O–H groups in total. The summed E-state index contributed by atoms with van der Waals surface area (Å²) in [7, 11) is 0. The number of nitrogens with zero attached hydrogens (tertiary/aromatic N) is 1. The molecule has 0 amide bonds. The van der Waals surface area contributed by atoms with Gasteiger partial charge in [-0.05, 0) is 39.2 Å². The Morgan fingerprint density at radius 1 is 1.35 bits per heavy atom. The lowest BCUT2D eigenvalue weighted by molar-refractivity contribution is 0.0283. The lowest BCUT2D eigenvalue weighted by Crippen LogP contribution is -2.41. The Kier molecular flexibility index (Phi) is 6.42. The van der Waals surface area contributed by atoms with Gasteiger partial charge >= 0.3 is 0 Å². The van der Waals surface area contributed by atoms with E-state index < -0.39 is 6.10 Å². The van der Waals surface area contributed by atoms with Gasteiger partial charge in [-0.15, -0.1) is 0 Å². The zero-order chi connectivity index (χ0) is 16.7. The van der Waals surface area contributed by atoms with E-state index in [1.807, 2.05) is 38.1 Å². The van der Waals surface area contributed by atoms with Gasteiger partial charge in [-0.2, -0.15) is 0 Å². The highest BCUT2D eigenvalue weighted by Crippen LogP contribution is 2.25. The van der Waals surface area contributed by atoms with Crippen LogP contribution in [0.5, 0.6) is 0 Å². The number of aliphatic hydroxyl groups excluding tert-OH is 1. The van der Waals surface area contributed by atoms with Crippen LogP contribution in [0.15, 0.2) is 29.3 Å². The predicted octanol–water partition coefficient (Wildman–Crippen LogP) is 2.15. The molecule has 1 heterocycles. The van der Waals surface area contributed by atoms with Gasteiger partial charge in [0.2, 0.25) is 0 Å². The molecule has 23 heavy (non-hydrogen) atoms. The molecule has 2 rings (SSSR count). The van der Waals surface area contributed by atoms with Gasteiger partial charge in [0, 0.05) is 19.7 Å². The summed E-state index contributed by atoms with van der Waals surface area (Å²) >= 11 is 0. The highest BCUT2D eigenvalue weighted by atomic mass is 16.5. The molecule has 0 radical (unpaired) electrons. The zero-order valence-corrected chi connectivity index (χ0v) is 14.4. The molecular formula is C18H29N3O2. The molecule has 5 heteroatoms. The second-order valence-electron chi connectivity index (χ2n) is 6.40. The van der Waals surface area contributed by atoms with Crippen molar-refractivity contribution < 1.29 is 9.84 Å².